The van der Waals surface area contributed by atoms with Gasteiger partial charge >= 0.3 is 0 Å². The minimum Gasteiger partial charge on any atom is -0.342 e. The van der Waals surface area contributed by atoms with Crippen molar-refractivity contribution in [2.24, 2.45) is 5.73 Å². The molecule has 0 saturated heterocycles. The van der Waals surface area contributed by atoms with Crippen molar-refractivity contribution in [1.29, 1.82) is 0 Å². The van der Waals surface area contributed by atoms with E-state index in [1.165, 1.54) is 11.1 Å². The monoisotopic (exact) mass is 310 g/mol. The van der Waals surface area contributed by atoms with Crippen LogP contribution in [0, 0.1) is 0 Å². The minimum atomic E-state index is -0.0996. The van der Waals surface area contributed by atoms with Gasteiger partial charge in [0.25, 0.3) is 0 Å². The second-order valence-corrected chi connectivity index (χ2v) is 5.60. The lowest BCUT2D eigenvalue weighted by Crippen LogP contribution is -2.36. The molecule has 1 aromatic carbocycles. The Kier molecular flexibility index (Phi) is 6.37. The predicted octanol–water partition coefficient (Wildman–Crippen LogP) is 1.98. The number of benzene rings is 1. The number of nitrogens with zero attached hydrogens (tertiary/aromatic N) is 1. The van der Waals surface area contributed by atoms with Crippen molar-refractivity contribution >= 4 is 24.1 Å². The molecule has 1 aliphatic heterocycles. The number of ketones is 1. The minimum absolute atomic E-state index is 0. The standard InChI is InChI=1S/C16H22N2O2.ClH/c1-11(17)9-16(20)18-7-5-13-3-4-14(12(2)19)10-15(13)6-8-18;/h3-4,10-11H,5-9,17H2,1-2H3;1H. The maximum absolute atomic E-state index is 12.1. The van der Waals surface area contributed by atoms with E-state index in [1.54, 1.807) is 6.92 Å². The normalized spacial score (nSPS) is 15.5. The van der Waals surface area contributed by atoms with Crippen LogP contribution in [0.1, 0.15) is 41.8 Å². The smallest absolute Gasteiger partial charge is 0.224 e. The average molecular weight is 311 g/mol. The molecule has 2 N–H and O–H groups in total. The zero-order valence-corrected chi connectivity index (χ0v) is 13.4. The molecule has 0 fully saturated rings. The summed E-state index contributed by atoms with van der Waals surface area (Å²) in [4.78, 5) is 25.4. The van der Waals surface area contributed by atoms with E-state index >= 15 is 0 Å². The number of carbonyl (C=O) groups excluding carboxylic acids is 2. The van der Waals surface area contributed by atoms with Crippen LogP contribution in [0.4, 0.5) is 0 Å². The van der Waals surface area contributed by atoms with E-state index in [9.17, 15) is 9.59 Å². The molecule has 5 heteroatoms. The summed E-state index contributed by atoms with van der Waals surface area (Å²) in [5.41, 5.74) is 8.87. The topological polar surface area (TPSA) is 63.4 Å². The lowest BCUT2D eigenvalue weighted by atomic mass is 9.99. The van der Waals surface area contributed by atoms with E-state index in [4.69, 9.17) is 5.73 Å². The second-order valence-electron chi connectivity index (χ2n) is 5.60. The van der Waals surface area contributed by atoms with Crippen LogP contribution in [0.25, 0.3) is 0 Å². The van der Waals surface area contributed by atoms with Crippen LogP contribution in [0.2, 0.25) is 0 Å². The summed E-state index contributed by atoms with van der Waals surface area (Å²) in [7, 11) is 0. The zero-order valence-electron chi connectivity index (χ0n) is 12.6. The third-order valence-electron chi connectivity index (χ3n) is 3.76. The largest absolute Gasteiger partial charge is 0.342 e. The van der Waals surface area contributed by atoms with Gasteiger partial charge in [0.15, 0.2) is 5.78 Å². The zero-order chi connectivity index (χ0) is 14.7. The second kappa shape index (κ2) is 7.57. The van der Waals surface area contributed by atoms with Gasteiger partial charge in [-0.1, -0.05) is 12.1 Å². The molecule has 21 heavy (non-hydrogen) atoms. The van der Waals surface area contributed by atoms with Crippen LogP contribution in [-0.2, 0) is 17.6 Å². The van der Waals surface area contributed by atoms with Crippen LogP contribution in [0.3, 0.4) is 0 Å². The Morgan fingerprint density at radius 1 is 1.24 bits per heavy atom. The van der Waals surface area contributed by atoms with Gasteiger partial charge < -0.3 is 10.6 Å². The third-order valence-corrected chi connectivity index (χ3v) is 3.76. The Balaban J connectivity index is 0.00000220. The lowest BCUT2D eigenvalue weighted by Gasteiger charge is -2.21. The predicted molar refractivity (Wildman–Crippen MR) is 85.9 cm³/mol. The van der Waals surface area contributed by atoms with Crippen molar-refractivity contribution in [2.75, 3.05) is 13.1 Å². The molecule has 1 unspecified atom stereocenters. The lowest BCUT2D eigenvalue weighted by molar-refractivity contribution is -0.131. The van der Waals surface area contributed by atoms with Crippen LogP contribution in [0.15, 0.2) is 18.2 Å². The highest BCUT2D eigenvalue weighted by Gasteiger charge is 2.19. The number of halogens is 1. The van der Waals surface area contributed by atoms with E-state index in [1.807, 2.05) is 30.0 Å². The highest BCUT2D eigenvalue weighted by molar-refractivity contribution is 5.94. The van der Waals surface area contributed by atoms with Crippen molar-refractivity contribution in [1.82, 2.24) is 4.90 Å². The van der Waals surface area contributed by atoms with Gasteiger partial charge in [-0.3, -0.25) is 9.59 Å². The van der Waals surface area contributed by atoms with Crippen LogP contribution >= 0.6 is 12.4 Å². The summed E-state index contributed by atoms with van der Waals surface area (Å²) in [5, 5.41) is 0. The van der Waals surface area contributed by atoms with Gasteiger partial charge in [-0.25, -0.2) is 0 Å². The molecule has 0 bridgehead atoms. The highest BCUT2D eigenvalue weighted by Crippen LogP contribution is 2.18. The van der Waals surface area contributed by atoms with E-state index in [0.29, 0.717) is 13.0 Å². The van der Waals surface area contributed by atoms with Crippen LogP contribution in [0.5, 0.6) is 0 Å². The fourth-order valence-electron chi connectivity index (χ4n) is 2.60. The summed E-state index contributed by atoms with van der Waals surface area (Å²) in [6.07, 6.45) is 2.05. The molecule has 0 aromatic heterocycles. The van der Waals surface area contributed by atoms with Crippen molar-refractivity contribution in [3.8, 4) is 0 Å². The molecule has 1 amide bonds. The van der Waals surface area contributed by atoms with Gasteiger partial charge in [0.1, 0.15) is 0 Å². The molecule has 0 saturated carbocycles. The van der Waals surface area contributed by atoms with E-state index in [0.717, 1.165) is 24.9 Å². The van der Waals surface area contributed by atoms with Gasteiger partial charge in [0.2, 0.25) is 5.91 Å². The third kappa shape index (κ3) is 4.55. The fraction of sp³-hybridized carbons (Fsp3) is 0.500. The van der Waals surface area contributed by atoms with Gasteiger partial charge in [-0.2, -0.15) is 0 Å². The Hall–Kier alpha value is -1.39. The van der Waals surface area contributed by atoms with E-state index in [-0.39, 0.29) is 30.1 Å². The van der Waals surface area contributed by atoms with Gasteiger partial charge in [-0.15, -0.1) is 12.4 Å². The number of rotatable bonds is 3. The molecular formula is C16H23ClN2O2. The first-order valence-electron chi connectivity index (χ1n) is 7.13. The molecule has 1 atom stereocenters. The number of hydrogen-bond donors (Lipinski definition) is 1. The molecule has 4 nitrogen and oxygen atoms in total. The molecule has 0 radical (unpaired) electrons. The van der Waals surface area contributed by atoms with Crippen molar-refractivity contribution < 1.29 is 9.59 Å². The average Bonchev–Trinajstić information content (AvgIpc) is 2.59. The number of fused-ring (bicyclic) bond motifs is 1. The fourth-order valence-corrected chi connectivity index (χ4v) is 2.60. The summed E-state index contributed by atoms with van der Waals surface area (Å²) in [5.74, 6) is 0.210. The molecule has 1 heterocycles. The van der Waals surface area contributed by atoms with Crippen LogP contribution < -0.4 is 5.73 Å². The number of nitrogens with two attached hydrogens (primary N) is 1. The number of carbonyl (C=O) groups is 2. The number of Topliss-reactive ketones (excluding diaryl/α,β-unsaturated/α-hetero) is 1. The SMILES string of the molecule is CC(=O)c1ccc2c(c1)CCN(C(=O)CC(C)N)CC2.Cl. The van der Waals surface area contributed by atoms with Gasteiger partial charge in [-0.05, 0) is 43.9 Å². The Labute approximate surface area is 132 Å². The van der Waals surface area contributed by atoms with Crippen molar-refractivity contribution in [3.05, 3.63) is 34.9 Å². The summed E-state index contributed by atoms with van der Waals surface area (Å²) in [6, 6.07) is 5.76. The maximum Gasteiger partial charge on any atom is 0.224 e. The first-order chi connectivity index (χ1) is 9.47. The molecule has 0 spiro atoms. The van der Waals surface area contributed by atoms with Crippen molar-refractivity contribution in [3.63, 3.8) is 0 Å². The highest BCUT2D eigenvalue weighted by atomic mass is 35.5. The Bertz CT molecular complexity index is 529. The van der Waals surface area contributed by atoms with Crippen LogP contribution in [-0.4, -0.2) is 35.7 Å². The summed E-state index contributed by atoms with van der Waals surface area (Å²) < 4.78 is 0. The molecule has 2 rings (SSSR count). The first-order valence-corrected chi connectivity index (χ1v) is 7.13. The summed E-state index contributed by atoms with van der Waals surface area (Å²) >= 11 is 0. The van der Waals surface area contributed by atoms with E-state index < -0.39 is 0 Å². The number of amides is 1. The molecule has 116 valence electrons. The number of hydrogen-bond acceptors (Lipinski definition) is 3. The van der Waals surface area contributed by atoms with Crippen molar-refractivity contribution in [2.45, 2.75) is 39.2 Å². The van der Waals surface area contributed by atoms with Gasteiger partial charge in [0, 0.05) is 31.1 Å². The maximum atomic E-state index is 12.1. The molecule has 1 aromatic rings. The van der Waals surface area contributed by atoms with Gasteiger partial charge in [0.05, 0.1) is 0 Å². The van der Waals surface area contributed by atoms with E-state index in [2.05, 4.69) is 0 Å². The molecule has 0 aliphatic carbocycles. The molecular weight excluding hydrogens is 288 g/mol. The Morgan fingerprint density at radius 2 is 1.86 bits per heavy atom. The molecule has 1 aliphatic rings. The summed E-state index contributed by atoms with van der Waals surface area (Å²) in [6.45, 7) is 4.87. The Morgan fingerprint density at radius 3 is 2.43 bits per heavy atom. The quantitative estimate of drug-likeness (QED) is 0.868. The first kappa shape index (κ1) is 17.7.